The van der Waals surface area contributed by atoms with E-state index in [4.69, 9.17) is 4.42 Å². The van der Waals surface area contributed by atoms with E-state index in [-0.39, 0.29) is 17.7 Å². The van der Waals surface area contributed by atoms with Gasteiger partial charge in [0.05, 0.1) is 17.4 Å². The van der Waals surface area contributed by atoms with Gasteiger partial charge < -0.3 is 14.6 Å². The van der Waals surface area contributed by atoms with Crippen LogP contribution in [0.4, 0.5) is 0 Å². The van der Waals surface area contributed by atoms with E-state index in [9.17, 15) is 19.8 Å². The van der Waals surface area contributed by atoms with Crippen molar-refractivity contribution in [3.8, 4) is 5.75 Å². The molecule has 2 aromatic carbocycles. The molecule has 1 atom stereocenters. The standard InChI is InChI=1S/C20H18O5/c1-11-8-12(2)17-15(9-11)25-20(24)18(19(17)23)14(10-16(21)22)13-6-4-3-5-7-13/h3-9,14,23H,10H2,1-2H3,(H,21,22)/t14-/m1/s1. The number of carboxylic acid groups (broad SMARTS) is 1. The van der Waals surface area contributed by atoms with Crippen LogP contribution in [0.1, 0.15) is 34.6 Å². The molecule has 128 valence electrons. The average molecular weight is 338 g/mol. The van der Waals surface area contributed by atoms with Gasteiger partial charge in [0.25, 0.3) is 0 Å². The number of benzene rings is 2. The summed E-state index contributed by atoms with van der Waals surface area (Å²) in [5.41, 5.74) is 1.87. The average Bonchev–Trinajstić information content (AvgIpc) is 2.53. The fourth-order valence-corrected chi connectivity index (χ4v) is 3.25. The minimum absolute atomic E-state index is 0.0203. The monoisotopic (exact) mass is 338 g/mol. The molecule has 5 nitrogen and oxygen atoms in total. The van der Waals surface area contributed by atoms with Crippen LogP contribution in [0.5, 0.6) is 5.75 Å². The van der Waals surface area contributed by atoms with Crippen molar-refractivity contribution in [2.45, 2.75) is 26.2 Å². The molecule has 0 saturated heterocycles. The molecule has 0 radical (unpaired) electrons. The van der Waals surface area contributed by atoms with Crippen molar-refractivity contribution >= 4 is 16.9 Å². The van der Waals surface area contributed by atoms with Gasteiger partial charge >= 0.3 is 11.6 Å². The van der Waals surface area contributed by atoms with E-state index in [2.05, 4.69) is 0 Å². The van der Waals surface area contributed by atoms with E-state index in [0.29, 0.717) is 16.5 Å². The van der Waals surface area contributed by atoms with Crippen molar-refractivity contribution in [2.75, 3.05) is 0 Å². The van der Waals surface area contributed by atoms with Crippen molar-refractivity contribution < 1.29 is 19.4 Å². The van der Waals surface area contributed by atoms with Crippen molar-refractivity contribution in [3.05, 3.63) is 75.1 Å². The van der Waals surface area contributed by atoms with Crippen LogP contribution in [-0.2, 0) is 4.79 Å². The van der Waals surface area contributed by atoms with Gasteiger partial charge in [0.15, 0.2) is 0 Å². The summed E-state index contributed by atoms with van der Waals surface area (Å²) in [6.07, 6.45) is -0.321. The normalized spacial score (nSPS) is 12.2. The third kappa shape index (κ3) is 3.13. The molecule has 1 heterocycles. The SMILES string of the molecule is Cc1cc(C)c2c(O)c([C@H](CC(=O)O)c3ccccc3)c(=O)oc2c1. The van der Waals surface area contributed by atoms with Crippen LogP contribution < -0.4 is 5.63 Å². The van der Waals surface area contributed by atoms with Gasteiger partial charge in [-0.05, 0) is 36.6 Å². The molecule has 0 aliphatic heterocycles. The Kier molecular flexibility index (Phi) is 4.31. The van der Waals surface area contributed by atoms with Crippen LogP contribution in [0, 0.1) is 13.8 Å². The number of rotatable bonds is 4. The molecule has 3 aromatic rings. The molecular weight excluding hydrogens is 320 g/mol. The molecule has 2 N–H and O–H groups in total. The van der Waals surface area contributed by atoms with Crippen LogP contribution in [0.2, 0.25) is 0 Å². The van der Waals surface area contributed by atoms with Gasteiger partial charge in [0, 0.05) is 5.92 Å². The molecule has 0 aliphatic carbocycles. The number of hydrogen-bond donors (Lipinski definition) is 2. The fraction of sp³-hybridized carbons (Fsp3) is 0.200. The molecule has 3 rings (SSSR count). The number of carbonyl (C=O) groups is 1. The molecule has 0 spiro atoms. The first-order valence-corrected chi connectivity index (χ1v) is 7.92. The van der Waals surface area contributed by atoms with Gasteiger partial charge in [-0.2, -0.15) is 0 Å². The first-order valence-electron chi connectivity index (χ1n) is 7.92. The summed E-state index contributed by atoms with van der Waals surface area (Å²) in [6.45, 7) is 3.68. The molecule has 0 bridgehead atoms. The number of aliphatic carboxylic acids is 1. The Morgan fingerprint density at radius 1 is 1.16 bits per heavy atom. The summed E-state index contributed by atoms with van der Waals surface area (Å²) < 4.78 is 5.41. The Morgan fingerprint density at radius 3 is 2.48 bits per heavy atom. The summed E-state index contributed by atoms with van der Waals surface area (Å²) in [5.74, 6) is -2.06. The number of fused-ring (bicyclic) bond motifs is 1. The highest BCUT2D eigenvalue weighted by molar-refractivity contribution is 5.88. The molecule has 0 amide bonds. The van der Waals surface area contributed by atoms with E-state index in [1.807, 2.05) is 19.9 Å². The Bertz CT molecular complexity index is 1000. The predicted octanol–water partition coefficient (Wildman–Crippen LogP) is 3.72. The smallest absolute Gasteiger partial charge is 0.343 e. The van der Waals surface area contributed by atoms with Gasteiger partial charge in [0.2, 0.25) is 0 Å². The van der Waals surface area contributed by atoms with Crippen LogP contribution in [-0.4, -0.2) is 16.2 Å². The summed E-state index contributed by atoms with van der Waals surface area (Å²) >= 11 is 0. The van der Waals surface area contributed by atoms with E-state index in [1.54, 1.807) is 36.4 Å². The Morgan fingerprint density at radius 2 is 1.84 bits per heavy atom. The second-order valence-electron chi connectivity index (χ2n) is 6.17. The quantitative estimate of drug-likeness (QED) is 0.708. The van der Waals surface area contributed by atoms with E-state index < -0.39 is 17.5 Å². The number of aryl methyl sites for hydroxylation is 2. The third-order valence-electron chi connectivity index (χ3n) is 4.29. The number of aromatic hydroxyl groups is 1. The molecule has 5 heteroatoms. The second-order valence-corrected chi connectivity index (χ2v) is 6.17. The highest BCUT2D eigenvalue weighted by Gasteiger charge is 2.27. The highest BCUT2D eigenvalue weighted by atomic mass is 16.4. The molecular formula is C20H18O5. The van der Waals surface area contributed by atoms with Crippen LogP contribution in [0.15, 0.2) is 51.7 Å². The Hall–Kier alpha value is -3.08. The minimum atomic E-state index is -1.06. The molecule has 0 unspecified atom stereocenters. The van der Waals surface area contributed by atoms with Crippen LogP contribution in [0.25, 0.3) is 11.0 Å². The largest absolute Gasteiger partial charge is 0.507 e. The minimum Gasteiger partial charge on any atom is -0.507 e. The maximum atomic E-state index is 12.6. The first kappa shape index (κ1) is 16.8. The summed E-state index contributed by atoms with van der Waals surface area (Å²) in [5, 5.41) is 20.5. The van der Waals surface area contributed by atoms with E-state index in [0.717, 1.165) is 11.1 Å². The first-order chi connectivity index (χ1) is 11.9. The molecule has 0 aliphatic rings. The van der Waals surface area contributed by atoms with Gasteiger partial charge in [-0.15, -0.1) is 0 Å². The molecule has 25 heavy (non-hydrogen) atoms. The van der Waals surface area contributed by atoms with Crippen molar-refractivity contribution in [2.24, 2.45) is 0 Å². The lowest BCUT2D eigenvalue weighted by Crippen LogP contribution is -2.17. The van der Waals surface area contributed by atoms with E-state index >= 15 is 0 Å². The lowest BCUT2D eigenvalue weighted by Gasteiger charge is -2.17. The molecule has 0 fully saturated rings. The molecule has 0 saturated carbocycles. The Balaban J connectivity index is 2.31. The summed E-state index contributed by atoms with van der Waals surface area (Å²) in [7, 11) is 0. The van der Waals surface area contributed by atoms with Crippen molar-refractivity contribution in [1.29, 1.82) is 0 Å². The zero-order valence-corrected chi connectivity index (χ0v) is 13.9. The maximum absolute atomic E-state index is 12.6. The topological polar surface area (TPSA) is 87.7 Å². The number of hydrogen-bond acceptors (Lipinski definition) is 4. The predicted molar refractivity (Wildman–Crippen MR) is 94.2 cm³/mol. The second kappa shape index (κ2) is 6.43. The van der Waals surface area contributed by atoms with Crippen molar-refractivity contribution in [1.82, 2.24) is 0 Å². The van der Waals surface area contributed by atoms with Gasteiger partial charge in [-0.25, -0.2) is 4.79 Å². The lowest BCUT2D eigenvalue weighted by atomic mass is 9.88. The molecule has 1 aromatic heterocycles. The van der Waals surface area contributed by atoms with Crippen molar-refractivity contribution in [3.63, 3.8) is 0 Å². The summed E-state index contributed by atoms with van der Waals surface area (Å²) in [6, 6.07) is 12.4. The van der Waals surface area contributed by atoms with Gasteiger partial charge in [-0.1, -0.05) is 36.4 Å². The zero-order chi connectivity index (χ0) is 18.1. The van der Waals surface area contributed by atoms with Gasteiger partial charge in [-0.3, -0.25) is 4.79 Å². The summed E-state index contributed by atoms with van der Waals surface area (Å²) in [4.78, 5) is 23.9. The lowest BCUT2D eigenvalue weighted by molar-refractivity contribution is -0.137. The van der Waals surface area contributed by atoms with Crippen LogP contribution >= 0.6 is 0 Å². The fourth-order valence-electron chi connectivity index (χ4n) is 3.25. The number of carboxylic acids is 1. The van der Waals surface area contributed by atoms with E-state index in [1.165, 1.54) is 0 Å². The zero-order valence-electron chi connectivity index (χ0n) is 13.9. The van der Waals surface area contributed by atoms with Gasteiger partial charge in [0.1, 0.15) is 11.3 Å². The highest BCUT2D eigenvalue weighted by Crippen LogP contribution is 2.37. The van der Waals surface area contributed by atoms with Crippen LogP contribution in [0.3, 0.4) is 0 Å². The maximum Gasteiger partial charge on any atom is 0.343 e. The Labute approximate surface area is 144 Å². The third-order valence-corrected chi connectivity index (χ3v) is 4.29.